The molecule has 164 valence electrons. The second-order valence-corrected chi connectivity index (χ2v) is 8.97. The normalized spacial score (nSPS) is 10.8. The van der Waals surface area contributed by atoms with Crippen LogP contribution in [-0.2, 0) is 21.2 Å². The molecule has 0 aliphatic carbocycles. The first kappa shape index (κ1) is 22.8. The number of methoxy groups -OCH3 is 1. The molecule has 0 unspecified atom stereocenters. The average molecular weight is 450 g/mol. The Balaban J connectivity index is 1.91. The number of ether oxygens (including phenoxy) is 1. The van der Waals surface area contributed by atoms with Crippen LogP contribution in [0.4, 0.5) is 11.4 Å². The van der Waals surface area contributed by atoms with E-state index >= 15 is 0 Å². The van der Waals surface area contributed by atoms with E-state index in [1.54, 1.807) is 60.7 Å². The third-order valence-corrected chi connectivity index (χ3v) is 6.55. The van der Waals surface area contributed by atoms with Crippen LogP contribution in [0.25, 0.3) is 0 Å². The maximum absolute atomic E-state index is 13.4. The quantitative estimate of drug-likeness (QED) is 0.562. The fourth-order valence-electron chi connectivity index (χ4n) is 3.05. The molecule has 3 aromatic rings. The van der Waals surface area contributed by atoms with Gasteiger partial charge in [0.15, 0.2) is 0 Å². The molecule has 1 N–H and O–H groups in total. The number of hydrogen-bond donors (Lipinski definition) is 1. The predicted octanol–water partition coefficient (Wildman–Crippen LogP) is 3.90. The maximum atomic E-state index is 13.4. The van der Waals surface area contributed by atoms with Crippen LogP contribution in [0.3, 0.4) is 0 Å². The summed E-state index contributed by atoms with van der Waals surface area (Å²) in [7, 11) is -2.53. The molecule has 0 radical (unpaired) electrons. The molecule has 8 heteroatoms. The van der Waals surface area contributed by atoms with Gasteiger partial charge in [-0.05, 0) is 48.9 Å². The van der Waals surface area contributed by atoms with Gasteiger partial charge in [0.05, 0.1) is 30.2 Å². The lowest BCUT2D eigenvalue weighted by atomic mass is 10.1. The molecule has 0 heterocycles. The van der Waals surface area contributed by atoms with E-state index in [9.17, 15) is 13.2 Å². The van der Waals surface area contributed by atoms with Gasteiger partial charge in [0.25, 0.3) is 10.0 Å². The van der Waals surface area contributed by atoms with Gasteiger partial charge in [0.2, 0.25) is 5.91 Å². The zero-order valence-corrected chi connectivity index (χ0v) is 18.6. The van der Waals surface area contributed by atoms with Crippen molar-refractivity contribution in [1.29, 1.82) is 5.26 Å². The van der Waals surface area contributed by atoms with E-state index in [0.29, 0.717) is 17.1 Å². The molecule has 0 bridgehead atoms. The van der Waals surface area contributed by atoms with E-state index in [0.717, 1.165) is 15.4 Å². The molecule has 0 aliphatic rings. The summed E-state index contributed by atoms with van der Waals surface area (Å²) in [6.45, 7) is 1.44. The Labute approximate surface area is 187 Å². The third-order valence-electron chi connectivity index (χ3n) is 4.76. The summed E-state index contributed by atoms with van der Waals surface area (Å²) >= 11 is 0. The average Bonchev–Trinajstić information content (AvgIpc) is 2.79. The first-order valence-electron chi connectivity index (χ1n) is 9.82. The number of hydrogen-bond acceptors (Lipinski definition) is 5. The number of sulfonamides is 1. The highest BCUT2D eigenvalue weighted by atomic mass is 32.2. The van der Waals surface area contributed by atoms with Gasteiger partial charge < -0.3 is 10.1 Å². The first-order valence-corrected chi connectivity index (χ1v) is 11.3. The number of aryl methyl sites for hydroxylation is 1. The van der Waals surface area contributed by atoms with Crippen molar-refractivity contribution in [3.8, 4) is 11.8 Å². The molecule has 0 aliphatic heterocycles. The number of amides is 1. The molecule has 0 saturated heterocycles. The van der Waals surface area contributed by atoms with E-state index in [2.05, 4.69) is 11.4 Å². The molecule has 0 aromatic heterocycles. The second kappa shape index (κ2) is 9.98. The number of nitrogens with zero attached hydrogens (tertiary/aromatic N) is 2. The Morgan fingerprint density at radius 2 is 1.75 bits per heavy atom. The molecule has 3 aromatic carbocycles. The Morgan fingerprint density at radius 3 is 2.38 bits per heavy atom. The van der Waals surface area contributed by atoms with Gasteiger partial charge >= 0.3 is 0 Å². The van der Waals surface area contributed by atoms with E-state index in [1.807, 2.05) is 6.92 Å². The molecule has 0 fully saturated rings. The number of nitriles is 1. The highest BCUT2D eigenvalue weighted by Gasteiger charge is 2.27. The van der Waals surface area contributed by atoms with Crippen LogP contribution in [-0.4, -0.2) is 28.0 Å². The van der Waals surface area contributed by atoms with Gasteiger partial charge in [-0.25, -0.2) is 8.42 Å². The van der Waals surface area contributed by atoms with Crippen molar-refractivity contribution in [3.05, 3.63) is 83.9 Å². The molecule has 7 nitrogen and oxygen atoms in total. The van der Waals surface area contributed by atoms with Crippen LogP contribution >= 0.6 is 0 Å². The first-order chi connectivity index (χ1) is 15.3. The van der Waals surface area contributed by atoms with Gasteiger partial charge in [-0.1, -0.05) is 35.9 Å². The van der Waals surface area contributed by atoms with E-state index < -0.39 is 22.5 Å². The fourth-order valence-corrected chi connectivity index (χ4v) is 4.46. The Hall–Kier alpha value is -3.83. The summed E-state index contributed by atoms with van der Waals surface area (Å²) < 4.78 is 33.1. The summed E-state index contributed by atoms with van der Waals surface area (Å²) in [5, 5.41) is 11.5. The van der Waals surface area contributed by atoms with Crippen LogP contribution in [0, 0.1) is 18.3 Å². The summed E-state index contributed by atoms with van der Waals surface area (Å²) in [6, 6.07) is 21.9. The zero-order valence-electron chi connectivity index (χ0n) is 17.8. The Morgan fingerprint density at radius 1 is 1.06 bits per heavy atom. The van der Waals surface area contributed by atoms with Crippen molar-refractivity contribution in [3.63, 3.8) is 0 Å². The SMILES string of the molecule is COc1cccc(N(CC(=O)Nc2ccc(CC#N)cc2)S(=O)(=O)c2ccc(C)cc2)c1. The number of anilines is 2. The third kappa shape index (κ3) is 5.45. The van der Waals surface area contributed by atoms with E-state index in [1.165, 1.54) is 19.2 Å². The molecule has 1 amide bonds. The van der Waals surface area contributed by atoms with Crippen molar-refractivity contribution in [2.75, 3.05) is 23.3 Å². The van der Waals surface area contributed by atoms with Crippen LogP contribution < -0.4 is 14.4 Å². The molecule has 32 heavy (non-hydrogen) atoms. The number of nitrogens with one attached hydrogen (secondary N) is 1. The number of rotatable bonds is 8. The van der Waals surface area contributed by atoms with Crippen LogP contribution in [0.1, 0.15) is 11.1 Å². The van der Waals surface area contributed by atoms with Gasteiger partial charge in [-0.2, -0.15) is 5.26 Å². The van der Waals surface area contributed by atoms with Crippen LogP contribution in [0.2, 0.25) is 0 Å². The maximum Gasteiger partial charge on any atom is 0.264 e. The van der Waals surface area contributed by atoms with E-state index in [-0.39, 0.29) is 11.3 Å². The summed E-state index contributed by atoms with van der Waals surface area (Å²) in [6.07, 6.45) is 0.270. The number of carbonyl (C=O) groups is 1. The zero-order chi connectivity index (χ0) is 23.1. The number of carbonyl (C=O) groups excluding carboxylic acids is 1. The minimum absolute atomic E-state index is 0.0829. The molecule has 0 spiro atoms. The van der Waals surface area contributed by atoms with Gasteiger partial charge in [0, 0.05) is 11.8 Å². The van der Waals surface area contributed by atoms with Crippen LogP contribution in [0.5, 0.6) is 5.75 Å². The lowest BCUT2D eigenvalue weighted by Crippen LogP contribution is -2.38. The van der Waals surface area contributed by atoms with Gasteiger partial charge in [-0.15, -0.1) is 0 Å². The lowest BCUT2D eigenvalue weighted by molar-refractivity contribution is -0.114. The minimum atomic E-state index is -4.02. The fraction of sp³-hybridized carbons (Fsp3) is 0.167. The van der Waals surface area contributed by atoms with Crippen molar-refractivity contribution < 1.29 is 17.9 Å². The van der Waals surface area contributed by atoms with Crippen molar-refractivity contribution in [2.24, 2.45) is 0 Å². The Kier molecular flexibility index (Phi) is 7.13. The summed E-state index contributed by atoms with van der Waals surface area (Å²) in [5.74, 6) is -0.0309. The monoisotopic (exact) mass is 449 g/mol. The largest absolute Gasteiger partial charge is 0.497 e. The van der Waals surface area contributed by atoms with Gasteiger partial charge in [-0.3, -0.25) is 9.10 Å². The molecule has 0 atom stereocenters. The lowest BCUT2D eigenvalue weighted by Gasteiger charge is -2.24. The molecular formula is C24H23N3O4S. The Bertz CT molecular complexity index is 1230. The molecular weight excluding hydrogens is 426 g/mol. The van der Waals surface area contributed by atoms with Crippen molar-refractivity contribution in [1.82, 2.24) is 0 Å². The highest BCUT2D eigenvalue weighted by Crippen LogP contribution is 2.27. The smallest absolute Gasteiger partial charge is 0.264 e. The second-order valence-electron chi connectivity index (χ2n) is 7.11. The topological polar surface area (TPSA) is 99.5 Å². The minimum Gasteiger partial charge on any atom is -0.497 e. The standard InChI is InChI=1S/C24H23N3O4S/c1-18-6-12-23(13-7-18)32(29,30)27(21-4-3-5-22(16-21)31-2)17-24(28)26-20-10-8-19(9-11-20)14-15-25/h3-13,16H,14,17H2,1-2H3,(H,26,28). The highest BCUT2D eigenvalue weighted by molar-refractivity contribution is 7.92. The van der Waals surface area contributed by atoms with Crippen LogP contribution in [0.15, 0.2) is 77.7 Å². The summed E-state index contributed by atoms with van der Waals surface area (Å²) in [5.41, 5.74) is 2.57. The molecule has 0 saturated carbocycles. The molecule has 3 rings (SSSR count). The predicted molar refractivity (Wildman–Crippen MR) is 123 cm³/mol. The van der Waals surface area contributed by atoms with Crippen molar-refractivity contribution >= 4 is 27.3 Å². The van der Waals surface area contributed by atoms with Gasteiger partial charge in [0.1, 0.15) is 12.3 Å². The number of benzene rings is 3. The van der Waals surface area contributed by atoms with Crippen molar-refractivity contribution in [2.45, 2.75) is 18.2 Å². The van der Waals surface area contributed by atoms with E-state index in [4.69, 9.17) is 10.00 Å². The summed E-state index contributed by atoms with van der Waals surface area (Å²) in [4.78, 5) is 12.9.